The minimum Gasteiger partial charge on any atom is -0.481 e. The average molecular weight is 626 g/mol. The van der Waals surface area contributed by atoms with Crippen LogP contribution in [0.1, 0.15) is 93.4 Å². The lowest BCUT2D eigenvalue weighted by atomic mass is 9.85. The second-order valence-electron chi connectivity index (χ2n) is 12.9. The van der Waals surface area contributed by atoms with Gasteiger partial charge in [-0.25, -0.2) is 4.79 Å². The van der Waals surface area contributed by atoms with Gasteiger partial charge in [0.1, 0.15) is 24.2 Å². The Morgan fingerprint density at radius 1 is 0.705 bits per heavy atom. The summed E-state index contributed by atoms with van der Waals surface area (Å²) in [4.78, 5) is 90.9. The van der Waals surface area contributed by atoms with E-state index in [4.69, 9.17) is 0 Å². The zero-order valence-electron chi connectivity index (χ0n) is 27.0. The molecule has 0 saturated carbocycles. The van der Waals surface area contributed by atoms with Crippen LogP contribution in [-0.4, -0.2) is 93.8 Å². The molecule has 4 unspecified atom stereocenters. The monoisotopic (exact) mass is 625 g/mol. The van der Waals surface area contributed by atoms with Crippen LogP contribution in [-0.2, 0) is 33.6 Å². The van der Waals surface area contributed by atoms with E-state index in [1.54, 1.807) is 39.5 Å². The molecule has 0 aromatic heterocycles. The quantitative estimate of drug-likeness (QED) is 0.136. The lowest BCUT2D eigenvalue weighted by molar-refractivity contribution is -0.144. The maximum atomic E-state index is 13.6. The Morgan fingerprint density at radius 2 is 1.18 bits per heavy atom. The first-order valence-electron chi connectivity index (χ1n) is 15.3. The van der Waals surface area contributed by atoms with Crippen LogP contribution in [0.5, 0.6) is 0 Å². The zero-order chi connectivity index (χ0) is 33.8. The molecule has 1 aliphatic heterocycles. The van der Waals surface area contributed by atoms with Gasteiger partial charge in [0.2, 0.25) is 29.5 Å². The largest absolute Gasteiger partial charge is 0.481 e. The van der Waals surface area contributed by atoms with Gasteiger partial charge in [-0.2, -0.15) is 0 Å². The van der Waals surface area contributed by atoms with Crippen molar-refractivity contribution in [3.05, 3.63) is 0 Å². The maximum absolute atomic E-state index is 13.6. The van der Waals surface area contributed by atoms with E-state index in [9.17, 15) is 43.8 Å². The van der Waals surface area contributed by atoms with Crippen LogP contribution in [0.2, 0.25) is 0 Å². The van der Waals surface area contributed by atoms with Gasteiger partial charge < -0.3 is 36.4 Å². The van der Waals surface area contributed by atoms with Gasteiger partial charge >= 0.3 is 11.9 Å². The number of carboxylic acids is 2. The summed E-state index contributed by atoms with van der Waals surface area (Å²) in [6.07, 6.45) is 1.40. The Bertz CT molecular complexity index is 1050. The molecule has 44 heavy (non-hydrogen) atoms. The smallest absolute Gasteiger partial charge is 0.326 e. The predicted molar refractivity (Wildman–Crippen MR) is 161 cm³/mol. The number of rotatable bonds is 17. The van der Waals surface area contributed by atoms with Crippen molar-refractivity contribution in [1.82, 2.24) is 26.2 Å². The van der Waals surface area contributed by atoms with E-state index in [1.807, 2.05) is 13.8 Å². The van der Waals surface area contributed by atoms with E-state index in [0.717, 1.165) is 12.8 Å². The molecule has 1 rings (SSSR count). The van der Waals surface area contributed by atoms with E-state index in [2.05, 4.69) is 21.3 Å². The summed E-state index contributed by atoms with van der Waals surface area (Å²) in [5.41, 5.74) is -0.792. The number of aliphatic carboxylic acids is 2. The van der Waals surface area contributed by atoms with Crippen molar-refractivity contribution in [2.75, 3.05) is 13.1 Å². The SMILES string of the molecule is CCC(CC)C(=O)NC(C(=O)NC(CC(=O)N1CCCC1)C(=O)NC(CC(=O)O)C(=O)NC(CC(C)C)C(=O)O)C(C)(C)C. The van der Waals surface area contributed by atoms with Crippen molar-refractivity contribution in [2.24, 2.45) is 17.3 Å². The third kappa shape index (κ3) is 12.5. The Balaban J connectivity index is 3.31. The summed E-state index contributed by atoms with van der Waals surface area (Å²) < 4.78 is 0. The molecule has 0 aromatic carbocycles. The fourth-order valence-corrected chi connectivity index (χ4v) is 4.95. The van der Waals surface area contributed by atoms with Gasteiger partial charge in [-0.1, -0.05) is 48.5 Å². The molecular formula is C30H51N5O9. The molecular weight excluding hydrogens is 574 g/mol. The van der Waals surface area contributed by atoms with Crippen LogP contribution >= 0.6 is 0 Å². The highest BCUT2D eigenvalue weighted by Gasteiger charge is 2.38. The first-order chi connectivity index (χ1) is 20.4. The summed E-state index contributed by atoms with van der Waals surface area (Å²) in [5.74, 6) is -6.70. The van der Waals surface area contributed by atoms with Crippen molar-refractivity contribution in [1.29, 1.82) is 0 Å². The van der Waals surface area contributed by atoms with Crippen molar-refractivity contribution in [3.63, 3.8) is 0 Å². The number of amides is 5. The molecule has 1 heterocycles. The minimum atomic E-state index is -1.69. The van der Waals surface area contributed by atoms with Crippen LogP contribution < -0.4 is 21.3 Å². The molecule has 14 heteroatoms. The van der Waals surface area contributed by atoms with Crippen LogP contribution in [0.25, 0.3) is 0 Å². The number of hydrogen-bond acceptors (Lipinski definition) is 7. The predicted octanol–water partition coefficient (Wildman–Crippen LogP) is 1.03. The van der Waals surface area contributed by atoms with E-state index in [0.29, 0.717) is 25.9 Å². The highest BCUT2D eigenvalue weighted by Crippen LogP contribution is 2.21. The van der Waals surface area contributed by atoms with Crippen molar-refractivity contribution in [2.45, 2.75) is 118 Å². The fraction of sp³-hybridized carbons (Fsp3) is 0.767. The molecule has 4 atom stereocenters. The molecule has 0 aromatic rings. The van der Waals surface area contributed by atoms with Gasteiger partial charge in [-0.05, 0) is 43.4 Å². The van der Waals surface area contributed by atoms with Crippen molar-refractivity contribution < 1.29 is 43.8 Å². The molecule has 0 radical (unpaired) electrons. The Labute approximate surface area is 259 Å². The molecule has 5 amide bonds. The third-order valence-corrected chi connectivity index (χ3v) is 7.58. The number of carboxylic acid groups (broad SMARTS) is 2. The van der Waals surface area contributed by atoms with Crippen LogP contribution in [0.4, 0.5) is 0 Å². The molecule has 250 valence electrons. The van der Waals surface area contributed by atoms with Gasteiger partial charge in [0.15, 0.2) is 0 Å². The normalized spacial score (nSPS) is 16.1. The molecule has 14 nitrogen and oxygen atoms in total. The summed E-state index contributed by atoms with van der Waals surface area (Å²) in [5, 5.41) is 28.8. The Morgan fingerprint density at radius 3 is 1.61 bits per heavy atom. The summed E-state index contributed by atoms with van der Waals surface area (Å²) in [6, 6.07) is -5.61. The van der Waals surface area contributed by atoms with Gasteiger partial charge in [0.05, 0.1) is 12.8 Å². The number of carbonyl (C=O) groups is 7. The summed E-state index contributed by atoms with van der Waals surface area (Å²) in [7, 11) is 0. The van der Waals surface area contributed by atoms with E-state index in [1.165, 1.54) is 0 Å². The van der Waals surface area contributed by atoms with Crippen molar-refractivity contribution in [3.8, 4) is 0 Å². The van der Waals surface area contributed by atoms with Crippen LogP contribution in [0.15, 0.2) is 0 Å². The molecule has 0 bridgehead atoms. The molecule has 6 N–H and O–H groups in total. The highest BCUT2D eigenvalue weighted by atomic mass is 16.4. The molecule has 1 saturated heterocycles. The number of hydrogen-bond donors (Lipinski definition) is 6. The van der Waals surface area contributed by atoms with E-state index in [-0.39, 0.29) is 24.2 Å². The minimum absolute atomic E-state index is 0.0641. The molecule has 1 fully saturated rings. The summed E-state index contributed by atoms with van der Waals surface area (Å²) in [6.45, 7) is 13.4. The zero-order valence-corrected chi connectivity index (χ0v) is 27.0. The number of carbonyl (C=O) groups excluding carboxylic acids is 5. The van der Waals surface area contributed by atoms with E-state index < -0.39 is 78.0 Å². The van der Waals surface area contributed by atoms with Gasteiger partial charge in [0.25, 0.3) is 0 Å². The molecule has 0 aliphatic carbocycles. The molecule has 1 aliphatic rings. The standard InChI is InChI=1S/C30H51N5O9/c1-8-18(9-2)25(39)34-24(30(5,6)7)28(42)32-19(15-22(36)35-12-10-11-13-35)26(40)31-20(16-23(37)38)27(41)33-21(29(43)44)14-17(3)4/h17-21,24H,8-16H2,1-7H3,(H,31,40)(H,32,42)(H,33,41)(H,34,39)(H,37,38)(H,43,44). The third-order valence-electron chi connectivity index (χ3n) is 7.58. The fourth-order valence-electron chi connectivity index (χ4n) is 4.95. The van der Waals surface area contributed by atoms with Crippen LogP contribution in [0, 0.1) is 17.3 Å². The first kappa shape index (κ1) is 38.3. The lowest BCUT2D eigenvalue weighted by Gasteiger charge is -2.33. The van der Waals surface area contributed by atoms with Gasteiger partial charge in [0, 0.05) is 19.0 Å². The second kappa shape index (κ2) is 17.6. The Kier molecular flexibility index (Phi) is 15.3. The van der Waals surface area contributed by atoms with Crippen LogP contribution in [0.3, 0.4) is 0 Å². The first-order valence-corrected chi connectivity index (χ1v) is 15.3. The number of nitrogens with zero attached hydrogens (tertiary/aromatic N) is 1. The molecule has 0 spiro atoms. The highest BCUT2D eigenvalue weighted by molar-refractivity contribution is 5.98. The van der Waals surface area contributed by atoms with Crippen molar-refractivity contribution >= 4 is 41.5 Å². The average Bonchev–Trinajstić information content (AvgIpc) is 3.45. The Hall–Kier alpha value is -3.71. The van der Waals surface area contributed by atoms with Gasteiger partial charge in [-0.3, -0.25) is 28.8 Å². The summed E-state index contributed by atoms with van der Waals surface area (Å²) >= 11 is 0. The maximum Gasteiger partial charge on any atom is 0.326 e. The van der Waals surface area contributed by atoms with E-state index >= 15 is 0 Å². The second-order valence-corrected chi connectivity index (χ2v) is 12.9. The lowest BCUT2D eigenvalue weighted by Crippen LogP contribution is -2.61. The number of nitrogens with one attached hydrogen (secondary N) is 4. The topological polar surface area (TPSA) is 211 Å². The van der Waals surface area contributed by atoms with Gasteiger partial charge in [-0.15, -0.1) is 0 Å². The number of likely N-dealkylation sites (tertiary alicyclic amines) is 1.